The van der Waals surface area contributed by atoms with Crippen LogP contribution in [0.15, 0.2) is 22.8 Å². The van der Waals surface area contributed by atoms with Crippen molar-refractivity contribution < 1.29 is 5.11 Å². The molecule has 0 aliphatic rings. The van der Waals surface area contributed by atoms with Gasteiger partial charge >= 0.3 is 0 Å². The van der Waals surface area contributed by atoms with E-state index >= 15 is 0 Å². The SMILES string of the molecule is CC(CCO)Nc1cccc(Br)n1. The lowest BCUT2D eigenvalue weighted by atomic mass is 10.2. The third-order valence-electron chi connectivity index (χ3n) is 1.67. The van der Waals surface area contributed by atoms with Gasteiger partial charge in [0.25, 0.3) is 0 Å². The summed E-state index contributed by atoms with van der Waals surface area (Å²) in [6.07, 6.45) is 0.730. The van der Waals surface area contributed by atoms with E-state index in [2.05, 4.69) is 26.2 Å². The molecule has 72 valence electrons. The highest BCUT2D eigenvalue weighted by molar-refractivity contribution is 9.10. The molecule has 0 bridgehead atoms. The van der Waals surface area contributed by atoms with Gasteiger partial charge in [-0.1, -0.05) is 6.07 Å². The smallest absolute Gasteiger partial charge is 0.127 e. The van der Waals surface area contributed by atoms with Gasteiger partial charge in [0, 0.05) is 12.6 Å². The first-order chi connectivity index (χ1) is 6.22. The van der Waals surface area contributed by atoms with Crippen LogP contribution in [0.3, 0.4) is 0 Å². The Labute approximate surface area is 86.3 Å². The van der Waals surface area contributed by atoms with E-state index in [1.54, 1.807) is 0 Å². The number of nitrogens with one attached hydrogen (secondary N) is 1. The minimum absolute atomic E-state index is 0.197. The summed E-state index contributed by atoms with van der Waals surface area (Å²) in [4.78, 5) is 4.22. The summed E-state index contributed by atoms with van der Waals surface area (Å²) in [5, 5.41) is 11.9. The standard InChI is InChI=1S/C9H13BrN2O/c1-7(5-6-13)11-9-4-2-3-8(10)12-9/h2-4,7,13H,5-6H2,1H3,(H,11,12). The highest BCUT2D eigenvalue weighted by atomic mass is 79.9. The quantitative estimate of drug-likeness (QED) is 0.798. The number of hydrogen-bond donors (Lipinski definition) is 2. The molecule has 0 aliphatic heterocycles. The number of halogens is 1. The molecular formula is C9H13BrN2O. The molecule has 0 saturated carbocycles. The van der Waals surface area contributed by atoms with Crippen LogP contribution in [0.1, 0.15) is 13.3 Å². The number of anilines is 1. The molecule has 0 saturated heterocycles. The predicted molar refractivity (Wildman–Crippen MR) is 56.7 cm³/mol. The van der Waals surface area contributed by atoms with Crippen LogP contribution in [0, 0.1) is 0 Å². The first-order valence-corrected chi connectivity index (χ1v) is 5.01. The van der Waals surface area contributed by atoms with Crippen LogP contribution in [0.5, 0.6) is 0 Å². The second-order valence-electron chi connectivity index (χ2n) is 2.90. The Morgan fingerprint density at radius 2 is 2.38 bits per heavy atom. The van der Waals surface area contributed by atoms with Crippen LogP contribution in [0.4, 0.5) is 5.82 Å². The number of hydrogen-bond acceptors (Lipinski definition) is 3. The van der Waals surface area contributed by atoms with Crippen LogP contribution in [0.2, 0.25) is 0 Å². The maximum atomic E-state index is 8.70. The van der Waals surface area contributed by atoms with E-state index in [1.807, 2.05) is 25.1 Å². The van der Waals surface area contributed by atoms with Gasteiger partial charge in [-0.2, -0.15) is 0 Å². The van der Waals surface area contributed by atoms with Gasteiger partial charge < -0.3 is 10.4 Å². The molecule has 0 fully saturated rings. The number of nitrogens with zero attached hydrogens (tertiary/aromatic N) is 1. The lowest BCUT2D eigenvalue weighted by molar-refractivity contribution is 0.282. The molecule has 1 aromatic heterocycles. The van der Waals surface area contributed by atoms with Gasteiger partial charge in [-0.15, -0.1) is 0 Å². The van der Waals surface area contributed by atoms with E-state index in [9.17, 15) is 0 Å². The third kappa shape index (κ3) is 3.74. The largest absolute Gasteiger partial charge is 0.396 e. The number of aliphatic hydroxyl groups is 1. The fraction of sp³-hybridized carbons (Fsp3) is 0.444. The van der Waals surface area contributed by atoms with E-state index in [4.69, 9.17) is 5.11 Å². The molecule has 13 heavy (non-hydrogen) atoms. The van der Waals surface area contributed by atoms with Crippen LogP contribution in [-0.2, 0) is 0 Å². The van der Waals surface area contributed by atoms with E-state index in [0.29, 0.717) is 0 Å². The van der Waals surface area contributed by atoms with Gasteiger partial charge in [0.15, 0.2) is 0 Å². The van der Waals surface area contributed by atoms with Crippen molar-refractivity contribution in [2.75, 3.05) is 11.9 Å². The van der Waals surface area contributed by atoms with Gasteiger partial charge in [-0.3, -0.25) is 0 Å². The number of aromatic nitrogens is 1. The first kappa shape index (κ1) is 10.5. The molecule has 1 heterocycles. The van der Waals surface area contributed by atoms with Crippen molar-refractivity contribution in [3.8, 4) is 0 Å². The fourth-order valence-electron chi connectivity index (χ4n) is 1.01. The van der Waals surface area contributed by atoms with Gasteiger partial charge in [0.05, 0.1) is 0 Å². The van der Waals surface area contributed by atoms with Crippen molar-refractivity contribution in [2.45, 2.75) is 19.4 Å². The van der Waals surface area contributed by atoms with E-state index < -0.39 is 0 Å². The summed E-state index contributed by atoms with van der Waals surface area (Å²) in [5.74, 6) is 0.829. The summed E-state index contributed by atoms with van der Waals surface area (Å²) in [6, 6.07) is 5.94. The third-order valence-corrected chi connectivity index (χ3v) is 2.11. The monoisotopic (exact) mass is 244 g/mol. The average molecular weight is 245 g/mol. The van der Waals surface area contributed by atoms with Gasteiger partial charge in [0.2, 0.25) is 0 Å². The number of rotatable bonds is 4. The zero-order valence-corrected chi connectivity index (χ0v) is 9.08. The maximum absolute atomic E-state index is 8.70. The zero-order valence-electron chi connectivity index (χ0n) is 7.50. The van der Waals surface area contributed by atoms with E-state index in [0.717, 1.165) is 16.8 Å². The number of pyridine rings is 1. The van der Waals surface area contributed by atoms with E-state index in [1.165, 1.54) is 0 Å². The van der Waals surface area contributed by atoms with Crippen LogP contribution in [-0.4, -0.2) is 22.7 Å². The Bertz CT molecular complexity index is 268. The molecule has 1 unspecified atom stereocenters. The van der Waals surface area contributed by atoms with Gasteiger partial charge in [0.1, 0.15) is 10.4 Å². The topological polar surface area (TPSA) is 45.1 Å². The van der Waals surface area contributed by atoms with Crippen LogP contribution < -0.4 is 5.32 Å². The molecular weight excluding hydrogens is 232 g/mol. The molecule has 0 aromatic carbocycles. The van der Waals surface area contributed by atoms with Crippen LogP contribution in [0.25, 0.3) is 0 Å². The van der Waals surface area contributed by atoms with Crippen molar-refractivity contribution >= 4 is 21.7 Å². The minimum Gasteiger partial charge on any atom is -0.396 e. The van der Waals surface area contributed by atoms with Gasteiger partial charge in [-0.05, 0) is 41.4 Å². The molecule has 1 aromatic rings. The molecule has 4 heteroatoms. The Morgan fingerprint density at radius 3 is 3.00 bits per heavy atom. The summed E-state index contributed by atoms with van der Waals surface area (Å²) in [7, 11) is 0. The Balaban J connectivity index is 2.53. The van der Waals surface area contributed by atoms with Crippen molar-refractivity contribution in [1.29, 1.82) is 0 Å². The Morgan fingerprint density at radius 1 is 1.62 bits per heavy atom. The summed E-state index contributed by atoms with van der Waals surface area (Å²) in [5.41, 5.74) is 0. The molecule has 0 amide bonds. The minimum atomic E-state index is 0.197. The van der Waals surface area contributed by atoms with E-state index in [-0.39, 0.29) is 12.6 Å². The fourth-order valence-corrected chi connectivity index (χ4v) is 1.35. The second-order valence-corrected chi connectivity index (χ2v) is 3.72. The zero-order chi connectivity index (χ0) is 9.68. The summed E-state index contributed by atoms with van der Waals surface area (Å²) < 4.78 is 0.814. The molecule has 0 aliphatic carbocycles. The van der Waals surface area contributed by atoms with Crippen LogP contribution >= 0.6 is 15.9 Å². The number of aliphatic hydroxyl groups excluding tert-OH is 1. The van der Waals surface area contributed by atoms with Crippen molar-refractivity contribution in [3.05, 3.63) is 22.8 Å². The van der Waals surface area contributed by atoms with Gasteiger partial charge in [-0.25, -0.2) is 4.98 Å². The molecule has 1 atom stereocenters. The highest BCUT2D eigenvalue weighted by Crippen LogP contribution is 2.11. The molecule has 2 N–H and O–H groups in total. The molecule has 1 rings (SSSR count). The Hall–Kier alpha value is -0.610. The van der Waals surface area contributed by atoms with Crippen molar-refractivity contribution in [2.24, 2.45) is 0 Å². The van der Waals surface area contributed by atoms with Crippen molar-refractivity contribution in [1.82, 2.24) is 4.98 Å². The molecule has 0 radical (unpaired) electrons. The lowest BCUT2D eigenvalue weighted by Crippen LogP contribution is -2.17. The summed E-state index contributed by atoms with van der Waals surface area (Å²) in [6.45, 7) is 2.21. The lowest BCUT2D eigenvalue weighted by Gasteiger charge is -2.12. The summed E-state index contributed by atoms with van der Waals surface area (Å²) >= 11 is 3.29. The normalized spacial score (nSPS) is 12.5. The highest BCUT2D eigenvalue weighted by Gasteiger charge is 2.01. The predicted octanol–water partition coefficient (Wildman–Crippen LogP) is 2.03. The second kappa shape index (κ2) is 5.19. The maximum Gasteiger partial charge on any atom is 0.127 e. The molecule has 0 spiro atoms. The average Bonchev–Trinajstić information content (AvgIpc) is 2.04. The first-order valence-electron chi connectivity index (χ1n) is 4.22. The molecule has 3 nitrogen and oxygen atoms in total. The Kier molecular flexibility index (Phi) is 4.18. The van der Waals surface area contributed by atoms with Crippen molar-refractivity contribution in [3.63, 3.8) is 0 Å².